The molecule has 0 radical (unpaired) electrons. The normalized spacial score (nSPS) is 13.7. The van der Waals surface area contributed by atoms with Gasteiger partial charge in [0.1, 0.15) is 24.0 Å². The fourth-order valence-electron chi connectivity index (χ4n) is 4.76. The fourth-order valence-corrected chi connectivity index (χ4v) is 4.76. The number of aliphatic hydroxyl groups is 1. The largest absolute Gasteiger partial charge is 0.497 e. The third-order valence-corrected chi connectivity index (χ3v) is 7.12. The van der Waals surface area contributed by atoms with Crippen molar-refractivity contribution in [1.82, 2.24) is 30.4 Å². The first-order valence-electron chi connectivity index (χ1n) is 15.3. The molecule has 0 fully saturated rings. The number of nitrogens with one attached hydrogen (secondary N) is 2. The zero-order valence-electron chi connectivity index (χ0n) is 28.4. The Labute approximate surface area is 275 Å². The van der Waals surface area contributed by atoms with Gasteiger partial charge in [-0.25, -0.2) is 29.5 Å². The van der Waals surface area contributed by atoms with Crippen molar-refractivity contribution in [2.24, 2.45) is 5.41 Å². The van der Waals surface area contributed by atoms with E-state index in [0.717, 1.165) is 16.8 Å². The van der Waals surface area contributed by atoms with Gasteiger partial charge < -0.3 is 30.0 Å². The van der Waals surface area contributed by atoms with E-state index >= 15 is 0 Å². The minimum absolute atomic E-state index is 0.0394. The van der Waals surface area contributed by atoms with Crippen LogP contribution in [0.1, 0.15) is 52.7 Å². The van der Waals surface area contributed by atoms with E-state index < -0.39 is 41.4 Å². The average molecular weight is 655 g/mol. The Hall–Kier alpha value is -4.53. The summed E-state index contributed by atoms with van der Waals surface area (Å²) < 4.78 is 17.2. The van der Waals surface area contributed by atoms with Gasteiger partial charge in [-0.05, 0) is 68.0 Å². The number of hydrogen-bond donors (Lipinski definition) is 4. The SMILES string of the molecule is COC(=O)NC(C(=O)[NH2+]N(Cc1ccc(-n2cncn2)cc1)C[C@H](O)[C@H](Cc1ccc(OC)cc1)NC(=O)OC(C)(C)C)C(C)(C)C. The summed E-state index contributed by atoms with van der Waals surface area (Å²) in [7, 11) is 2.81. The number of quaternary nitrogens is 1. The van der Waals surface area contributed by atoms with Crippen LogP contribution in [0.15, 0.2) is 61.2 Å². The van der Waals surface area contributed by atoms with Gasteiger partial charge in [-0.1, -0.05) is 45.0 Å². The predicted octanol–water partition coefficient (Wildman–Crippen LogP) is 2.35. The molecule has 1 unspecified atom stereocenters. The Balaban J connectivity index is 1.90. The molecule has 5 N–H and O–H groups in total. The minimum atomic E-state index is -1.15. The number of primary amides is 1. The molecule has 0 aliphatic heterocycles. The summed E-state index contributed by atoms with van der Waals surface area (Å²) in [6.07, 6.45) is 0.742. The van der Waals surface area contributed by atoms with Gasteiger partial charge in [0.25, 0.3) is 0 Å². The van der Waals surface area contributed by atoms with Crippen LogP contribution in [0.25, 0.3) is 5.69 Å². The van der Waals surface area contributed by atoms with Crippen LogP contribution in [0.2, 0.25) is 0 Å². The van der Waals surface area contributed by atoms with Gasteiger partial charge >= 0.3 is 18.1 Å². The smallest absolute Gasteiger partial charge is 0.407 e. The molecule has 0 bridgehead atoms. The Morgan fingerprint density at radius 3 is 2.11 bits per heavy atom. The van der Waals surface area contributed by atoms with E-state index in [-0.39, 0.29) is 25.4 Å². The molecule has 2 aromatic carbocycles. The van der Waals surface area contributed by atoms with Crippen LogP contribution < -0.4 is 20.8 Å². The van der Waals surface area contributed by atoms with E-state index in [1.807, 2.05) is 57.2 Å². The van der Waals surface area contributed by atoms with Crippen molar-refractivity contribution in [1.29, 1.82) is 0 Å². The zero-order valence-corrected chi connectivity index (χ0v) is 28.4. The van der Waals surface area contributed by atoms with E-state index in [1.165, 1.54) is 18.9 Å². The number of carbonyl (C=O) groups is 3. The maximum atomic E-state index is 13.7. The van der Waals surface area contributed by atoms with Crippen LogP contribution >= 0.6 is 0 Å². The highest BCUT2D eigenvalue weighted by molar-refractivity contribution is 5.79. The van der Waals surface area contributed by atoms with Crippen LogP contribution in [0.5, 0.6) is 5.75 Å². The van der Waals surface area contributed by atoms with E-state index in [1.54, 1.807) is 56.0 Å². The maximum absolute atomic E-state index is 13.7. The molecule has 3 aromatic rings. The molecule has 14 heteroatoms. The highest BCUT2D eigenvalue weighted by Crippen LogP contribution is 2.19. The molecule has 0 aliphatic rings. The second-order valence-electron chi connectivity index (χ2n) is 13.3. The third kappa shape index (κ3) is 12.0. The number of nitrogens with two attached hydrogens (primary N) is 1. The standard InChI is InChI=1S/C33H47N7O7/c1-32(2,3)28(37-30(43)46-8)29(42)38-39(18-23-9-13-24(14-10-23)40-21-34-20-35-40)19-27(41)26(36-31(44)47-33(4,5)6)17-22-11-15-25(45-7)16-12-22/h9-16,20-21,26-28,41H,17-19H2,1-8H3,(H,36,44)(H,37,43)(H,38,42)/p+1/t26-,27-,28?/m0/s1. The zero-order chi connectivity index (χ0) is 34.8. The molecule has 1 heterocycles. The lowest BCUT2D eigenvalue weighted by Gasteiger charge is -2.31. The Kier molecular flexibility index (Phi) is 12.8. The monoisotopic (exact) mass is 654 g/mol. The van der Waals surface area contributed by atoms with Crippen LogP contribution in [0.4, 0.5) is 9.59 Å². The lowest BCUT2D eigenvalue weighted by Crippen LogP contribution is -3.00. The van der Waals surface area contributed by atoms with Gasteiger partial charge in [0, 0.05) is 0 Å². The van der Waals surface area contributed by atoms with Crippen molar-refractivity contribution in [3.05, 3.63) is 72.3 Å². The number of rotatable bonds is 13. The molecule has 47 heavy (non-hydrogen) atoms. The molecular formula is C33H48N7O7+. The fraction of sp³-hybridized carbons (Fsp3) is 0.485. The first kappa shape index (κ1) is 36.9. The van der Waals surface area contributed by atoms with Crippen molar-refractivity contribution in [2.75, 3.05) is 20.8 Å². The van der Waals surface area contributed by atoms with Gasteiger partial charge in [-0.15, -0.1) is 5.01 Å². The summed E-state index contributed by atoms with van der Waals surface area (Å²) in [5.41, 5.74) is 2.47. The number of nitrogens with zero attached hydrogens (tertiary/aromatic N) is 4. The number of ether oxygens (including phenoxy) is 3. The molecule has 1 aromatic heterocycles. The maximum Gasteiger partial charge on any atom is 0.407 e. The second kappa shape index (κ2) is 16.3. The van der Waals surface area contributed by atoms with Crippen molar-refractivity contribution < 1.29 is 39.1 Å². The van der Waals surface area contributed by atoms with Crippen molar-refractivity contribution in [3.63, 3.8) is 0 Å². The van der Waals surface area contributed by atoms with Crippen molar-refractivity contribution in [2.45, 2.75) is 78.3 Å². The first-order valence-corrected chi connectivity index (χ1v) is 15.3. The number of benzene rings is 2. The summed E-state index contributed by atoms with van der Waals surface area (Å²) in [4.78, 5) is 42.7. The molecule has 0 spiro atoms. The van der Waals surface area contributed by atoms with Crippen LogP contribution in [-0.2, 0) is 27.2 Å². The molecule has 0 aliphatic carbocycles. The number of amides is 3. The van der Waals surface area contributed by atoms with Gasteiger partial charge in [0.2, 0.25) is 0 Å². The van der Waals surface area contributed by atoms with E-state index in [4.69, 9.17) is 14.2 Å². The van der Waals surface area contributed by atoms with Crippen LogP contribution in [-0.4, -0.2) is 87.5 Å². The molecule has 3 amide bonds. The summed E-state index contributed by atoms with van der Waals surface area (Å²) >= 11 is 0. The Morgan fingerprint density at radius 2 is 1.57 bits per heavy atom. The number of methoxy groups -OCH3 is 2. The van der Waals surface area contributed by atoms with Crippen LogP contribution in [0, 0.1) is 5.41 Å². The average Bonchev–Trinajstić information content (AvgIpc) is 3.53. The Bertz CT molecular complexity index is 1430. The summed E-state index contributed by atoms with van der Waals surface area (Å²) in [6.45, 7) is 11.0. The molecule has 14 nitrogen and oxygen atoms in total. The summed E-state index contributed by atoms with van der Waals surface area (Å²) in [6, 6.07) is 13.1. The lowest BCUT2D eigenvalue weighted by atomic mass is 9.86. The quantitative estimate of drug-likeness (QED) is 0.158. The van der Waals surface area contributed by atoms with Crippen LogP contribution in [0.3, 0.4) is 0 Å². The van der Waals surface area contributed by atoms with Gasteiger partial charge in [0.05, 0.1) is 45.1 Å². The van der Waals surface area contributed by atoms with Crippen molar-refractivity contribution >= 4 is 18.1 Å². The van der Waals surface area contributed by atoms with Gasteiger partial charge in [-0.2, -0.15) is 5.10 Å². The number of carbonyl (C=O) groups excluding carboxylic acids is 3. The lowest BCUT2D eigenvalue weighted by molar-refractivity contribution is -0.735. The van der Waals surface area contributed by atoms with E-state index in [0.29, 0.717) is 5.75 Å². The second-order valence-corrected chi connectivity index (χ2v) is 13.3. The molecule has 0 saturated carbocycles. The highest BCUT2D eigenvalue weighted by Gasteiger charge is 2.38. The number of alkyl carbamates (subject to hydrolysis) is 2. The van der Waals surface area contributed by atoms with E-state index in [2.05, 4.69) is 20.7 Å². The number of aromatic nitrogens is 3. The number of aliphatic hydroxyl groups excluding tert-OH is 1. The topological polar surface area (TPSA) is 174 Å². The highest BCUT2D eigenvalue weighted by atomic mass is 16.6. The molecule has 3 atom stereocenters. The number of hydrogen-bond acceptors (Lipinski definition) is 10. The summed E-state index contributed by atoms with van der Waals surface area (Å²) in [5.74, 6) is 0.287. The van der Waals surface area contributed by atoms with Gasteiger partial charge in [0.15, 0.2) is 6.04 Å². The summed E-state index contributed by atoms with van der Waals surface area (Å²) in [5, 5.41) is 22.9. The molecule has 3 rings (SSSR count). The predicted molar refractivity (Wildman–Crippen MR) is 173 cm³/mol. The molecular weight excluding hydrogens is 606 g/mol. The molecule has 256 valence electrons. The van der Waals surface area contributed by atoms with Gasteiger partial charge in [-0.3, -0.25) is 0 Å². The van der Waals surface area contributed by atoms with Crippen molar-refractivity contribution in [3.8, 4) is 11.4 Å². The minimum Gasteiger partial charge on any atom is -0.497 e. The third-order valence-electron chi connectivity index (χ3n) is 7.12. The first-order chi connectivity index (χ1) is 22.1. The Morgan fingerprint density at radius 1 is 0.936 bits per heavy atom. The molecule has 0 saturated heterocycles. The van der Waals surface area contributed by atoms with E-state index in [9.17, 15) is 19.5 Å².